The number of aromatic hydroxyl groups is 5. The lowest BCUT2D eigenvalue weighted by Gasteiger charge is -2.04. The van der Waals surface area contributed by atoms with Crippen molar-refractivity contribution in [1.82, 2.24) is 0 Å². The second-order valence-corrected chi connectivity index (χ2v) is 12.3. The van der Waals surface area contributed by atoms with E-state index in [1.807, 2.05) is 6.07 Å². The molecule has 0 atom stereocenters. The number of fused-ring (bicyclic) bond motifs is 6. The summed E-state index contributed by atoms with van der Waals surface area (Å²) < 4.78 is 20.8. The molecule has 0 spiro atoms. The van der Waals surface area contributed by atoms with Gasteiger partial charge in [0.1, 0.15) is 51.4 Å². The summed E-state index contributed by atoms with van der Waals surface area (Å²) in [6.07, 6.45) is 0. The van der Waals surface area contributed by atoms with Crippen molar-refractivity contribution >= 4 is 65.4 Å². The third-order valence-electron chi connectivity index (χ3n) is 7.82. The molecule has 0 bridgehead atoms. The minimum Gasteiger partial charge on any atom is -0.508 e. The van der Waals surface area contributed by atoms with Crippen molar-refractivity contribution in [2.45, 2.75) is 0 Å². The Morgan fingerprint density at radius 1 is 0.509 bits per heavy atom. The maximum absolute atomic E-state index is 11.9. The zero-order valence-electron chi connectivity index (χ0n) is 28.9. The number of methoxy groups -OCH3 is 2. The van der Waals surface area contributed by atoms with Gasteiger partial charge in [-0.15, -0.1) is 0 Å². The van der Waals surface area contributed by atoms with Crippen LogP contribution in [0.3, 0.4) is 0 Å². The molecule has 0 fully saturated rings. The largest absolute Gasteiger partial charge is 0.508 e. The van der Waals surface area contributed by atoms with Gasteiger partial charge in [0, 0.05) is 44.2 Å². The molecule has 0 aliphatic carbocycles. The Balaban J connectivity index is 0.000000146. The molecule has 0 radical (unpaired) electrons. The predicted octanol–water partition coefficient (Wildman–Crippen LogP) is 8.27. The highest BCUT2D eigenvalue weighted by Gasteiger charge is 2.11. The zero-order valence-corrected chi connectivity index (χ0v) is 30.5. The predicted molar refractivity (Wildman–Crippen MR) is 209 cm³/mol. The van der Waals surface area contributed by atoms with E-state index in [0.29, 0.717) is 43.3 Å². The molecule has 8 aromatic rings. The van der Waals surface area contributed by atoms with Gasteiger partial charge >= 0.3 is 17.2 Å². The van der Waals surface area contributed by atoms with Crippen LogP contribution in [-0.4, -0.2) is 50.8 Å². The van der Waals surface area contributed by atoms with Crippen molar-refractivity contribution < 1.29 is 53.7 Å². The van der Waals surface area contributed by atoms with Gasteiger partial charge in [-0.05, 0) is 107 Å². The van der Waals surface area contributed by atoms with Crippen LogP contribution in [0.4, 0.5) is 0 Å². The molecule has 280 valence electrons. The number of carboxylic acids is 1. The smallest absolute Gasteiger partial charge is 0.344 e. The summed E-state index contributed by atoms with van der Waals surface area (Å²) in [5, 5.41) is 57.8. The topological polar surface area (TPSA) is 217 Å². The Kier molecular flexibility index (Phi) is 12.1. The number of carbonyl (C=O) groups is 1. The normalized spacial score (nSPS) is 10.4. The summed E-state index contributed by atoms with van der Waals surface area (Å²) >= 11 is 3.12. The molecule has 0 unspecified atom stereocenters. The zero-order chi connectivity index (χ0) is 39.8. The van der Waals surface area contributed by atoms with E-state index in [9.17, 15) is 29.7 Å². The molecule has 0 amide bonds. The van der Waals surface area contributed by atoms with E-state index in [0.717, 1.165) is 16.2 Å². The molecule has 13 nitrogen and oxygen atoms in total. The monoisotopic (exact) mass is 810 g/mol. The first-order valence-corrected chi connectivity index (χ1v) is 16.7. The highest BCUT2D eigenvalue weighted by molar-refractivity contribution is 9.10. The number of hydrogen-bond acceptors (Lipinski definition) is 12. The number of ether oxygens (including phenoxy) is 2. The van der Waals surface area contributed by atoms with Crippen LogP contribution in [-0.2, 0) is 0 Å². The number of rotatable bonds is 3. The third-order valence-corrected chi connectivity index (χ3v) is 8.51. The lowest BCUT2D eigenvalue weighted by molar-refractivity contribution is 0.0695. The van der Waals surface area contributed by atoms with Crippen molar-refractivity contribution in [2.24, 2.45) is 0 Å². The van der Waals surface area contributed by atoms with Gasteiger partial charge in [0.2, 0.25) is 0 Å². The van der Waals surface area contributed by atoms with Gasteiger partial charge in [0.05, 0.1) is 30.6 Å². The first-order valence-electron chi connectivity index (χ1n) is 15.9. The van der Waals surface area contributed by atoms with Gasteiger partial charge in [-0.2, -0.15) is 0 Å². The van der Waals surface area contributed by atoms with Crippen LogP contribution in [0.5, 0.6) is 40.2 Å². The van der Waals surface area contributed by atoms with Crippen LogP contribution in [0.15, 0.2) is 138 Å². The lowest BCUT2D eigenvalue weighted by atomic mass is 10.1. The minimum absolute atomic E-state index is 0.0166. The molecular formula is C41H31BrO13. The first-order chi connectivity index (χ1) is 26.3. The van der Waals surface area contributed by atoms with Crippen LogP contribution in [0.1, 0.15) is 10.4 Å². The van der Waals surface area contributed by atoms with Gasteiger partial charge in [-0.3, -0.25) is 0 Å². The molecule has 14 heteroatoms. The van der Waals surface area contributed by atoms with E-state index in [2.05, 4.69) is 15.9 Å². The van der Waals surface area contributed by atoms with E-state index in [-0.39, 0.29) is 34.3 Å². The number of phenolic OH excluding ortho intramolecular Hbond substituents is 5. The Labute approximate surface area is 318 Å². The fourth-order valence-corrected chi connectivity index (χ4v) is 5.64. The Morgan fingerprint density at radius 3 is 1.40 bits per heavy atom. The summed E-state index contributed by atoms with van der Waals surface area (Å²) in [7, 11) is 3.04. The van der Waals surface area contributed by atoms with E-state index < -0.39 is 17.2 Å². The second kappa shape index (κ2) is 17.1. The number of halogens is 1. The number of hydrogen-bond donors (Lipinski definition) is 6. The molecule has 55 heavy (non-hydrogen) atoms. The fourth-order valence-electron chi connectivity index (χ4n) is 5.22. The highest BCUT2D eigenvalue weighted by Crippen LogP contribution is 2.29. The average molecular weight is 812 g/mol. The average Bonchev–Trinajstić information content (AvgIpc) is 3.15. The maximum Gasteiger partial charge on any atom is 0.344 e. The van der Waals surface area contributed by atoms with Gasteiger partial charge < -0.3 is 48.9 Å². The molecule has 6 aromatic carbocycles. The third kappa shape index (κ3) is 9.43. The van der Waals surface area contributed by atoms with E-state index in [4.69, 9.17) is 33.6 Å². The SMILES string of the molecule is COc1ccc(Br)c(C(=O)O)c1.COc1ccc2c(c1)c(=O)oc1cc(O)ccc12.O=c1oc2cc(O)ccc2c2ccc(O)cc12.Oc1cccc(O)c1. The van der Waals surface area contributed by atoms with E-state index in [1.54, 1.807) is 61.7 Å². The van der Waals surface area contributed by atoms with Gasteiger partial charge in [0.25, 0.3) is 0 Å². The van der Waals surface area contributed by atoms with Crippen LogP contribution in [0, 0.1) is 0 Å². The summed E-state index contributed by atoms with van der Waals surface area (Å²) in [6, 6.07) is 29.7. The maximum atomic E-state index is 11.9. The minimum atomic E-state index is -0.972. The summed E-state index contributed by atoms with van der Waals surface area (Å²) in [4.78, 5) is 34.2. The Hall–Kier alpha value is -7.19. The standard InChI is InChI=1S/C14H10O4.C13H8O4.C8H7BrO3.C6H6O2/c1-17-9-3-5-10-11-4-2-8(15)6-13(11)18-14(16)12(10)7-9;14-7-1-3-9-10-4-2-8(15)6-12(10)17-13(16)11(9)5-7;1-12-5-2-3-7(9)6(4-5)8(10)11;7-5-2-1-3-6(8)4-5/h2-7,15H,1H3;1-6,14-15H;2-4H,1H3,(H,10,11);1-4,7-8H. The van der Waals surface area contributed by atoms with Gasteiger partial charge in [0.15, 0.2) is 0 Å². The Bertz CT molecular complexity index is 2770. The van der Waals surface area contributed by atoms with Crippen molar-refractivity contribution in [3.63, 3.8) is 0 Å². The molecule has 0 aliphatic heterocycles. The summed E-state index contributed by atoms with van der Waals surface area (Å²) in [6.45, 7) is 0. The number of aromatic carboxylic acids is 1. The van der Waals surface area contributed by atoms with E-state index in [1.165, 1.54) is 61.7 Å². The molecule has 2 heterocycles. The molecule has 8 rings (SSSR count). The van der Waals surface area contributed by atoms with Gasteiger partial charge in [-0.1, -0.05) is 6.07 Å². The first kappa shape index (κ1) is 39.0. The molecular weight excluding hydrogens is 780 g/mol. The number of benzene rings is 6. The summed E-state index contributed by atoms with van der Waals surface area (Å²) in [5.74, 6) is 0.472. The molecule has 0 saturated carbocycles. The fraction of sp³-hybridized carbons (Fsp3) is 0.0488. The van der Waals surface area contributed by atoms with Crippen molar-refractivity contribution in [1.29, 1.82) is 0 Å². The van der Waals surface area contributed by atoms with Crippen LogP contribution in [0.25, 0.3) is 43.5 Å². The lowest BCUT2D eigenvalue weighted by Crippen LogP contribution is -2.00. The van der Waals surface area contributed by atoms with Crippen LogP contribution >= 0.6 is 15.9 Å². The molecule has 6 N–H and O–H groups in total. The quantitative estimate of drug-likeness (QED) is 0.0732. The molecule has 0 aliphatic rings. The van der Waals surface area contributed by atoms with Crippen LogP contribution < -0.4 is 20.7 Å². The number of carboxylic acid groups (broad SMARTS) is 1. The second-order valence-electron chi connectivity index (χ2n) is 11.5. The Morgan fingerprint density at radius 2 is 0.927 bits per heavy atom. The van der Waals surface area contributed by atoms with E-state index >= 15 is 0 Å². The van der Waals surface area contributed by atoms with Crippen molar-refractivity contribution in [3.8, 4) is 40.2 Å². The number of phenols is 5. The summed E-state index contributed by atoms with van der Waals surface area (Å²) in [5.41, 5.74) is -0.0730. The van der Waals surface area contributed by atoms with Crippen molar-refractivity contribution in [3.05, 3.63) is 146 Å². The van der Waals surface area contributed by atoms with Crippen molar-refractivity contribution in [2.75, 3.05) is 14.2 Å². The molecule has 0 saturated heterocycles. The highest BCUT2D eigenvalue weighted by atomic mass is 79.9. The van der Waals surface area contributed by atoms with Crippen LogP contribution in [0.2, 0.25) is 0 Å². The van der Waals surface area contributed by atoms with Gasteiger partial charge in [-0.25, -0.2) is 14.4 Å². The molecule has 2 aromatic heterocycles.